The van der Waals surface area contributed by atoms with Crippen molar-refractivity contribution in [2.75, 3.05) is 26.8 Å². The van der Waals surface area contributed by atoms with Crippen molar-refractivity contribution in [2.24, 2.45) is 5.41 Å². The number of aryl methyl sites for hydroxylation is 1. The van der Waals surface area contributed by atoms with Crippen LogP contribution in [-0.4, -0.2) is 53.8 Å². The van der Waals surface area contributed by atoms with E-state index in [9.17, 15) is 14.7 Å². The van der Waals surface area contributed by atoms with Gasteiger partial charge < -0.3 is 20.1 Å². The summed E-state index contributed by atoms with van der Waals surface area (Å²) in [5, 5.41) is 12.6. The van der Waals surface area contributed by atoms with E-state index in [1.54, 1.807) is 6.20 Å². The number of rotatable bonds is 6. The molecule has 28 heavy (non-hydrogen) atoms. The van der Waals surface area contributed by atoms with Crippen molar-refractivity contribution >= 4 is 12.0 Å². The molecule has 7 heteroatoms. The molecule has 3 rings (SSSR count). The largest absolute Gasteiger partial charge is 0.481 e. The highest BCUT2D eigenvalue weighted by Gasteiger charge is 2.46. The average Bonchev–Trinajstić information content (AvgIpc) is 3.14. The molecule has 0 aliphatic carbocycles. The Morgan fingerprint density at radius 2 is 2.04 bits per heavy atom. The van der Waals surface area contributed by atoms with E-state index in [2.05, 4.69) is 10.3 Å². The predicted molar refractivity (Wildman–Crippen MR) is 104 cm³/mol. The number of likely N-dealkylation sites (tertiary alicyclic amines) is 1. The Kier molecular flexibility index (Phi) is 5.94. The molecule has 1 aromatic carbocycles. The van der Waals surface area contributed by atoms with E-state index in [1.165, 1.54) is 12.0 Å². The number of carboxylic acid groups (broad SMARTS) is 1. The Morgan fingerprint density at radius 1 is 1.29 bits per heavy atom. The first kappa shape index (κ1) is 19.8. The van der Waals surface area contributed by atoms with Crippen molar-refractivity contribution in [3.8, 4) is 0 Å². The quantitative estimate of drug-likeness (QED) is 0.800. The van der Waals surface area contributed by atoms with Crippen molar-refractivity contribution in [1.82, 2.24) is 15.2 Å². The number of hydrogen-bond donors (Lipinski definition) is 2. The van der Waals surface area contributed by atoms with Crippen molar-refractivity contribution in [3.05, 3.63) is 65.5 Å². The summed E-state index contributed by atoms with van der Waals surface area (Å²) < 4.78 is 5.10. The standard InChI is InChI=1S/C21H25N3O4/c1-15-6-8-16(9-7-15)18(17-5-3-4-11-22-17)23-20(27)24-12-10-21(13-24,14-28-2)19(25)26/h3-9,11,18H,10,12-14H2,1-2H3,(H,23,27)(H,25,26). The van der Waals surface area contributed by atoms with Gasteiger partial charge in [-0.15, -0.1) is 0 Å². The monoisotopic (exact) mass is 383 g/mol. The molecule has 0 bridgehead atoms. The smallest absolute Gasteiger partial charge is 0.318 e. The minimum absolute atomic E-state index is 0.0771. The number of aliphatic carboxylic acids is 1. The van der Waals surface area contributed by atoms with Gasteiger partial charge in [-0.25, -0.2) is 4.79 Å². The number of nitrogens with one attached hydrogen (secondary N) is 1. The summed E-state index contributed by atoms with van der Waals surface area (Å²) in [4.78, 5) is 30.6. The van der Waals surface area contributed by atoms with E-state index in [0.29, 0.717) is 13.0 Å². The zero-order valence-corrected chi connectivity index (χ0v) is 16.1. The van der Waals surface area contributed by atoms with Crippen molar-refractivity contribution in [3.63, 3.8) is 0 Å². The number of ether oxygens (including phenoxy) is 1. The Balaban J connectivity index is 1.80. The number of hydrogen-bond acceptors (Lipinski definition) is 4. The normalized spacial score (nSPS) is 20.0. The van der Waals surface area contributed by atoms with Gasteiger partial charge in [0, 0.05) is 26.4 Å². The lowest BCUT2D eigenvalue weighted by molar-refractivity contribution is -0.151. The number of amides is 2. The number of urea groups is 1. The third-order valence-corrected chi connectivity index (χ3v) is 5.18. The first-order valence-corrected chi connectivity index (χ1v) is 9.20. The van der Waals surface area contributed by atoms with Gasteiger partial charge in [0.1, 0.15) is 5.41 Å². The summed E-state index contributed by atoms with van der Waals surface area (Å²) in [7, 11) is 1.47. The predicted octanol–water partition coefficient (Wildman–Crippen LogP) is 2.61. The van der Waals surface area contributed by atoms with Crippen LogP contribution in [0.1, 0.15) is 29.3 Å². The Hall–Kier alpha value is -2.93. The maximum atomic E-state index is 12.9. The van der Waals surface area contributed by atoms with E-state index in [1.807, 2.05) is 49.4 Å². The lowest BCUT2D eigenvalue weighted by atomic mass is 9.88. The lowest BCUT2D eigenvalue weighted by Crippen LogP contribution is -2.44. The molecule has 1 saturated heterocycles. The number of carbonyl (C=O) groups excluding carboxylic acids is 1. The van der Waals surface area contributed by atoms with Gasteiger partial charge in [0.15, 0.2) is 0 Å². The van der Waals surface area contributed by atoms with Gasteiger partial charge in [0.25, 0.3) is 0 Å². The lowest BCUT2D eigenvalue weighted by Gasteiger charge is -2.26. The van der Waals surface area contributed by atoms with E-state index in [0.717, 1.165) is 16.8 Å². The van der Waals surface area contributed by atoms with Gasteiger partial charge in [-0.05, 0) is 31.0 Å². The van der Waals surface area contributed by atoms with Gasteiger partial charge in [0.2, 0.25) is 0 Å². The number of nitrogens with zero attached hydrogens (tertiary/aromatic N) is 2. The van der Waals surface area contributed by atoms with Crippen LogP contribution in [0, 0.1) is 12.3 Å². The second-order valence-corrected chi connectivity index (χ2v) is 7.24. The second-order valence-electron chi connectivity index (χ2n) is 7.24. The summed E-state index contributed by atoms with van der Waals surface area (Å²) in [6, 6.07) is 12.7. The zero-order valence-electron chi connectivity index (χ0n) is 16.1. The highest BCUT2D eigenvalue weighted by Crippen LogP contribution is 2.32. The molecule has 7 nitrogen and oxygen atoms in total. The number of benzene rings is 1. The highest BCUT2D eigenvalue weighted by atomic mass is 16.5. The molecule has 2 amide bonds. The Morgan fingerprint density at radius 3 is 2.64 bits per heavy atom. The topological polar surface area (TPSA) is 91.8 Å². The number of pyridine rings is 1. The second kappa shape index (κ2) is 8.39. The van der Waals surface area contributed by atoms with Gasteiger partial charge >= 0.3 is 12.0 Å². The van der Waals surface area contributed by atoms with Gasteiger partial charge in [-0.2, -0.15) is 0 Å². The molecular weight excluding hydrogens is 358 g/mol. The molecule has 148 valence electrons. The van der Waals surface area contributed by atoms with Crippen LogP contribution < -0.4 is 5.32 Å². The fraction of sp³-hybridized carbons (Fsp3) is 0.381. The summed E-state index contributed by atoms with van der Waals surface area (Å²) in [6.45, 7) is 2.56. The number of aromatic nitrogens is 1. The van der Waals surface area contributed by atoms with Crippen molar-refractivity contribution in [1.29, 1.82) is 0 Å². The van der Waals surface area contributed by atoms with Crippen LogP contribution >= 0.6 is 0 Å². The maximum absolute atomic E-state index is 12.9. The SMILES string of the molecule is COCC1(C(=O)O)CCN(C(=O)NC(c2ccc(C)cc2)c2ccccn2)C1. The van der Waals surface area contributed by atoms with Crippen molar-refractivity contribution in [2.45, 2.75) is 19.4 Å². The molecule has 0 radical (unpaired) electrons. The third kappa shape index (κ3) is 4.14. The third-order valence-electron chi connectivity index (χ3n) is 5.18. The molecule has 1 aliphatic heterocycles. The van der Waals surface area contributed by atoms with Gasteiger partial charge in [-0.1, -0.05) is 35.9 Å². The minimum Gasteiger partial charge on any atom is -0.481 e. The molecule has 2 atom stereocenters. The number of carbonyl (C=O) groups is 2. The van der Waals surface area contributed by atoms with Crippen molar-refractivity contribution < 1.29 is 19.4 Å². The molecule has 2 heterocycles. The van der Waals surface area contributed by atoms with Crippen LogP contribution in [0.5, 0.6) is 0 Å². The van der Waals surface area contributed by atoms with E-state index in [4.69, 9.17) is 4.74 Å². The summed E-state index contributed by atoms with van der Waals surface area (Å²) in [6.07, 6.45) is 2.05. The first-order valence-electron chi connectivity index (χ1n) is 9.20. The molecule has 1 aromatic heterocycles. The van der Waals surface area contributed by atoms with E-state index < -0.39 is 17.4 Å². The molecule has 1 aliphatic rings. The zero-order chi connectivity index (χ0) is 20.1. The Bertz CT molecular complexity index is 825. The van der Waals surface area contributed by atoms with E-state index in [-0.39, 0.29) is 19.2 Å². The average molecular weight is 383 g/mol. The van der Waals surface area contributed by atoms with Crippen LogP contribution in [0.3, 0.4) is 0 Å². The fourth-order valence-electron chi connectivity index (χ4n) is 3.52. The summed E-state index contributed by atoms with van der Waals surface area (Å²) in [5.41, 5.74) is 1.70. The molecule has 2 aromatic rings. The maximum Gasteiger partial charge on any atom is 0.318 e. The molecule has 0 spiro atoms. The molecule has 2 unspecified atom stereocenters. The van der Waals surface area contributed by atoms with Crippen LogP contribution in [0.4, 0.5) is 4.79 Å². The molecule has 0 saturated carbocycles. The first-order chi connectivity index (χ1) is 13.4. The van der Waals surface area contributed by atoms with Gasteiger partial charge in [0.05, 0.1) is 18.3 Å². The minimum atomic E-state index is -1.06. The molecule has 2 N–H and O–H groups in total. The highest BCUT2D eigenvalue weighted by molar-refractivity contribution is 5.80. The Labute approximate surface area is 164 Å². The van der Waals surface area contributed by atoms with Crippen LogP contribution in [0.25, 0.3) is 0 Å². The van der Waals surface area contributed by atoms with Crippen LogP contribution in [-0.2, 0) is 9.53 Å². The van der Waals surface area contributed by atoms with E-state index >= 15 is 0 Å². The number of carboxylic acids is 1. The van der Waals surface area contributed by atoms with Crippen LogP contribution in [0.2, 0.25) is 0 Å². The fourth-order valence-corrected chi connectivity index (χ4v) is 3.52. The van der Waals surface area contributed by atoms with Crippen LogP contribution in [0.15, 0.2) is 48.7 Å². The molecular formula is C21H25N3O4. The molecule has 1 fully saturated rings. The number of methoxy groups -OCH3 is 1. The summed E-state index contributed by atoms with van der Waals surface area (Å²) >= 11 is 0. The summed E-state index contributed by atoms with van der Waals surface area (Å²) in [5.74, 6) is -0.940. The van der Waals surface area contributed by atoms with Gasteiger partial charge in [-0.3, -0.25) is 9.78 Å².